The first-order valence-corrected chi connectivity index (χ1v) is 7.06. The second-order valence-corrected chi connectivity index (χ2v) is 5.72. The van der Waals surface area contributed by atoms with Crippen LogP contribution in [0.2, 0.25) is 5.02 Å². The van der Waals surface area contributed by atoms with Crippen LogP contribution in [0.15, 0.2) is 12.1 Å². The molecule has 18 heavy (non-hydrogen) atoms. The first kappa shape index (κ1) is 12.1. The van der Waals surface area contributed by atoms with Gasteiger partial charge in [-0.15, -0.1) is 0 Å². The summed E-state index contributed by atoms with van der Waals surface area (Å²) in [5, 5.41) is 3.58. The van der Waals surface area contributed by atoms with Crippen LogP contribution in [0.4, 0.5) is 15.8 Å². The van der Waals surface area contributed by atoms with E-state index in [4.69, 9.17) is 11.6 Å². The second-order valence-electron chi connectivity index (χ2n) is 5.31. The third-order valence-electron chi connectivity index (χ3n) is 4.28. The highest BCUT2D eigenvalue weighted by atomic mass is 35.5. The van der Waals surface area contributed by atoms with Gasteiger partial charge in [0.2, 0.25) is 0 Å². The SMILES string of the molecule is CCC1CCN2c3cc(F)c(Cl)cc3NCC2C1. The Balaban J connectivity index is 1.92. The van der Waals surface area contributed by atoms with Gasteiger partial charge in [-0.3, -0.25) is 0 Å². The van der Waals surface area contributed by atoms with Crippen molar-refractivity contribution in [2.75, 3.05) is 23.3 Å². The van der Waals surface area contributed by atoms with Gasteiger partial charge in [0.15, 0.2) is 0 Å². The summed E-state index contributed by atoms with van der Waals surface area (Å²) < 4.78 is 13.6. The Morgan fingerprint density at radius 2 is 2.33 bits per heavy atom. The smallest absolute Gasteiger partial charge is 0.144 e. The zero-order chi connectivity index (χ0) is 12.7. The maximum atomic E-state index is 13.6. The second kappa shape index (κ2) is 4.61. The minimum Gasteiger partial charge on any atom is -0.381 e. The Morgan fingerprint density at radius 3 is 3.11 bits per heavy atom. The number of piperidine rings is 1. The predicted octanol–water partition coefficient (Wildman–Crippen LogP) is 3.90. The molecule has 0 amide bonds. The van der Waals surface area contributed by atoms with Gasteiger partial charge in [-0.2, -0.15) is 0 Å². The van der Waals surface area contributed by atoms with E-state index in [0.29, 0.717) is 6.04 Å². The van der Waals surface area contributed by atoms with Crippen molar-refractivity contribution in [3.05, 3.63) is 23.0 Å². The van der Waals surface area contributed by atoms with E-state index in [2.05, 4.69) is 17.1 Å². The van der Waals surface area contributed by atoms with Crippen molar-refractivity contribution in [3.8, 4) is 0 Å². The molecule has 3 rings (SSSR count). The fourth-order valence-electron chi connectivity index (χ4n) is 3.16. The summed E-state index contributed by atoms with van der Waals surface area (Å²) in [6, 6.07) is 3.77. The van der Waals surface area contributed by atoms with E-state index >= 15 is 0 Å². The highest BCUT2D eigenvalue weighted by Crippen LogP contribution is 2.39. The number of halogens is 2. The Bertz CT molecular complexity index is 463. The van der Waals surface area contributed by atoms with E-state index in [1.165, 1.54) is 19.3 Å². The summed E-state index contributed by atoms with van der Waals surface area (Å²) in [6.07, 6.45) is 3.65. The van der Waals surface area contributed by atoms with Crippen molar-refractivity contribution >= 4 is 23.0 Å². The molecule has 0 spiro atoms. The Labute approximate surface area is 112 Å². The first-order chi connectivity index (χ1) is 8.69. The van der Waals surface area contributed by atoms with Crippen molar-refractivity contribution < 1.29 is 4.39 Å². The number of fused-ring (bicyclic) bond motifs is 3. The van der Waals surface area contributed by atoms with E-state index in [-0.39, 0.29) is 10.8 Å². The molecular weight excluding hydrogens is 251 g/mol. The van der Waals surface area contributed by atoms with Crippen molar-refractivity contribution in [2.24, 2.45) is 5.92 Å². The lowest BCUT2D eigenvalue weighted by molar-refractivity contribution is 0.336. The number of benzene rings is 1. The largest absolute Gasteiger partial charge is 0.381 e. The van der Waals surface area contributed by atoms with Crippen molar-refractivity contribution in [2.45, 2.75) is 32.2 Å². The molecule has 1 saturated heterocycles. The number of nitrogens with zero attached hydrogens (tertiary/aromatic N) is 1. The summed E-state index contributed by atoms with van der Waals surface area (Å²) in [5.74, 6) is 0.488. The molecule has 0 saturated carbocycles. The fraction of sp³-hybridized carbons (Fsp3) is 0.571. The van der Waals surface area contributed by atoms with Gasteiger partial charge in [0.1, 0.15) is 5.82 Å². The van der Waals surface area contributed by atoms with Gasteiger partial charge in [-0.05, 0) is 24.8 Å². The van der Waals surface area contributed by atoms with Gasteiger partial charge < -0.3 is 10.2 Å². The molecule has 1 fully saturated rings. The molecule has 2 unspecified atom stereocenters. The molecule has 0 aliphatic carbocycles. The zero-order valence-electron chi connectivity index (χ0n) is 10.5. The van der Waals surface area contributed by atoms with Gasteiger partial charge in [0.25, 0.3) is 0 Å². The maximum Gasteiger partial charge on any atom is 0.144 e. The van der Waals surface area contributed by atoms with Crippen LogP contribution < -0.4 is 10.2 Å². The van der Waals surface area contributed by atoms with Crippen LogP contribution in [-0.4, -0.2) is 19.1 Å². The number of anilines is 2. The number of nitrogens with one attached hydrogen (secondary N) is 1. The Kier molecular flexibility index (Phi) is 3.10. The van der Waals surface area contributed by atoms with Gasteiger partial charge in [-0.1, -0.05) is 24.9 Å². The molecule has 1 aromatic carbocycles. The van der Waals surface area contributed by atoms with Crippen molar-refractivity contribution in [3.63, 3.8) is 0 Å². The number of rotatable bonds is 1. The molecule has 2 atom stereocenters. The van der Waals surface area contributed by atoms with E-state index < -0.39 is 0 Å². The summed E-state index contributed by atoms with van der Waals surface area (Å²) in [7, 11) is 0. The highest BCUT2D eigenvalue weighted by molar-refractivity contribution is 6.31. The molecule has 1 N–H and O–H groups in total. The average Bonchev–Trinajstić information content (AvgIpc) is 2.39. The van der Waals surface area contributed by atoms with E-state index in [1.807, 2.05) is 0 Å². The third kappa shape index (κ3) is 1.95. The third-order valence-corrected chi connectivity index (χ3v) is 4.57. The summed E-state index contributed by atoms with van der Waals surface area (Å²) in [5.41, 5.74) is 1.94. The molecule has 2 aliphatic rings. The van der Waals surface area contributed by atoms with Crippen LogP contribution >= 0.6 is 11.6 Å². The van der Waals surface area contributed by atoms with Crippen LogP contribution in [0, 0.1) is 11.7 Å². The summed E-state index contributed by atoms with van der Waals surface area (Å²) >= 11 is 5.83. The van der Waals surface area contributed by atoms with Crippen molar-refractivity contribution in [1.82, 2.24) is 0 Å². The van der Waals surface area contributed by atoms with Crippen LogP contribution in [0.5, 0.6) is 0 Å². The molecule has 2 aliphatic heterocycles. The normalized spacial score (nSPS) is 26.3. The lowest BCUT2D eigenvalue weighted by atomic mass is 9.87. The monoisotopic (exact) mass is 268 g/mol. The summed E-state index contributed by atoms with van der Waals surface area (Å²) in [4.78, 5) is 2.34. The topological polar surface area (TPSA) is 15.3 Å². The lowest BCUT2D eigenvalue weighted by Crippen LogP contribution is -2.49. The van der Waals surface area contributed by atoms with E-state index in [9.17, 15) is 4.39 Å². The first-order valence-electron chi connectivity index (χ1n) is 6.68. The number of hydrogen-bond donors (Lipinski definition) is 1. The zero-order valence-corrected chi connectivity index (χ0v) is 11.3. The molecule has 98 valence electrons. The van der Waals surface area contributed by atoms with E-state index in [1.54, 1.807) is 12.1 Å². The lowest BCUT2D eigenvalue weighted by Gasteiger charge is -2.45. The molecule has 0 bridgehead atoms. The van der Waals surface area contributed by atoms with Gasteiger partial charge in [0, 0.05) is 25.2 Å². The van der Waals surface area contributed by atoms with Gasteiger partial charge in [0.05, 0.1) is 16.4 Å². The Hall–Kier alpha value is -0.960. The minimum absolute atomic E-state index is 0.197. The van der Waals surface area contributed by atoms with Crippen molar-refractivity contribution in [1.29, 1.82) is 0 Å². The molecule has 0 radical (unpaired) electrons. The summed E-state index contributed by atoms with van der Waals surface area (Å²) in [6.45, 7) is 4.22. The van der Waals surface area contributed by atoms with Gasteiger partial charge >= 0.3 is 0 Å². The molecule has 1 aromatic rings. The molecule has 0 aromatic heterocycles. The molecule has 4 heteroatoms. The van der Waals surface area contributed by atoms with Crippen LogP contribution in [0.25, 0.3) is 0 Å². The Morgan fingerprint density at radius 1 is 1.50 bits per heavy atom. The standard InChI is InChI=1S/C14H18ClFN2/c1-2-9-3-4-18-10(5-9)8-17-13-6-11(15)12(16)7-14(13)18/h6-7,9-10,17H,2-5,8H2,1H3. The molecular formula is C14H18ClFN2. The van der Waals surface area contributed by atoms with Gasteiger partial charge in [-0.25, -0.2) is 4.39 Å². The quantitative estimate of drug-likeness (QED) is 0.831. The molecule has 2 nitrogen and oxygen atoms in total. The minimum atomic E-state index is -0.324. The highest BCUT2D eigenvalue weighted by Gasteiger charge is 2.32. The maximum absolute atomic E-state index is 13.6. The average molecular weight is 269 g/mol. The van der Waals surface area contributed by atoms with Crippen LogP contribution in [0.3, 0.4) is 0 Å². The van der Waals surface area contributed by atoms with E-state index in [0.717, 1.165) is 30.4 Å². The van der Waals surface area contributed by atoms with Crippen LogP contribution in [0.1, 0.15) is 26.2 Å². The number of hydrogen-bond acceptors (Lipinski definition) is 2. The predicted molar refractivity (Wildman–Crippen MR) is 74.0 cm³/mol. The van der Waals surface area contributed by atoms with Crippen LogP contribution in [-0.2, 0) is 0 Å². The fourth-order valence-corrected chi connectivity index (χ4v) is 3.32. The molecule has 2 heterocycles.